The predicted molar refractivity (Wildman–Crippen MR) is 72.1 cm³/mol. The van der Waals surface area contributed by atoms with Crippen molar-refractivity contribution in [2.45, 2.75) is 12.8 Å². The van der Waals surface area contributed by atoms with E-state index in [-0.39, 0.29) is 23.2 Å². The standard InChI is InChI=1S/C13H16FN3O3/c1-15-13(18)9-4-6-16(7-5-9)12-8-10(14)2-3-11(12)17(19)20/h2-3,8-9H,4-7H2,1H3,(H,15,18). The fourth-order valence-corrected chi connectivity index (χ4v) is 2.49. The van der Waals surface area contributed by atoms with Crippen LogP contribution in [0, 0.1) is 21.8 Å². The van der Waals surface area contributed by atoms with Gasteiger partial charge >= 0.3 is 0 Å². The molecule has 20 heavy (non-hydrogen) atoms. The van der Waals surface area contributed by atoms with Crippen LogP contribution in [0.2, 0.25) is 0 Å². The Morgan fingerprint density at radius 3 is 2.65 bits per heavy atom. The van der Waals surface area contributed by atoms with Crippen LogP contribution in [0.4, 0.5) is 15.8 Å². The minimum Gasteiger partial charge on any atom is -0.366 e. The molecule has 0 aliphatic carbocycles. The number of nitro groups is 1. The molecule has 0 radical (unpaired) electrons. The van der Waals surface area contributed by atoms with Crippen molar-refractivity contribution in [3.8, 4) is 0 Å². The normalized spacial score (nSPS) is 16.0. The van der Waals surface area contributed by atoms with Gasteiger partial charge in [-0.15, -0.1) is 0 Å². The number of nitrogens with zero attached hydrogens (tertiary/aromatic N) is 2. The maximum Gasteiger partial charge on any atom is 0.292 e. The third kappa shape index (κ3) is 2.87. The summed E-state index contributed by atoms with van der Waals surface area (Å²) in [5.41, 5.74) is 0.176. The number of hydrogen-bond donors (Lipinski definition) is 1. The van der Waals surface area contributed by atoms with E-state index in [1.165, 1.54) is 12.1 Å². The lowest BCUT2D eigenvalue weighted by atomic mass is 9.95. The van der Waals surface area contributed by atoms with E-state index in [1.807, 2.05) is 0 Å². The van der Waals surface area contributed by atoms with Gasteiger partial charge in [0.15, 0.2) is 0 Å². The molecule has 1 saturated heterocycles. The maximum atomic E-state index is 13.3. The molecule has 1 N–H and O–H groups in total. The molecule has 0 atom stereocenters. The highest BCUT2D eigenvalue weighted by Crippen LogP contribution is 2.32. The van der Waals surface area contributed by atoms with Crippen LogP contribution in [0.5, 0.6) is 0 Å². The summed E-state index contributed by atoms with van der Waals surface area (Å²) < 4.78 is 13.3. The van der Waals surface area contributed by atoms with Crippen LogP contribution in [0.25, 0.3) is 0 Å². The second kappa shape index (κ2) is 5.85. The first-order chi connectivity index (χ1) is 9.52. The van der Waals surface area contributed by atoms with Crippen molar-refractivity contribution in [3.63, 3.8) is 0 Å². The summed E-state index contributed by atoms with van der Waals surface area (Å²) >= 11 is 0. The van der Waals surface area contributed by atoms with Crippen molar-refractivity contribution in [2.24, 2.45) is 5.92 Å². The highest BCUT2D eigenvalue weighted by molar-refractivity contribution is 5.78. The number of piperidine rings is 1. The molecule has 1 aliphatic rings. The molecule has 2 rings (SSSR count). The van der Waals surface area contributed by atoms with Gasteiger partial charge in [0.25, 0.3) is 5.69 Å². The molecule has 0 saturated carbocycles. The highest BCUT2D eigenvalue weighted by Gasteiger charge is 2.28. The summed E-state index contributed by atoms with van der Waals surface area (Å²) in [6, 6.07) is 3.44. The van der Waals surface area contributed by atoms with Crippen LogP contribution < -0.4 is 10.2 Å². The predicted octanol–water partition coefficient (Wildman–Crippen LogP) is 1.70. The minimum absolute atomic E-state index is 0.0154. The van der Waals surface area contributed by atoms with E-state index < -0.39 is 10.7 Å². The molecular weight excluding hydrogens is 265 g/mol. The van der Waals surface area contributed by atoms with Gasteiger partial charge in [-0.3, -0.25) is 14.9 Å². The molecule has 6 nitrogen and oxygen atoms in total. The molecule has 1 heterocycles. The smallest absolute Gasteiger partial charge is 0.292 e. The number of amides is 1. The van der Waals surface area contributed by atoms with Crippen molar-refractivity contribution in [1.82, 2.24) is 5.32 Å². The maximum absolute atomic E-state index is 13.3. The van der Waals surface area contributed by atoms with Crippen molar-refractivity contribution < 1.29 is 14.1 Å². The molecule has 1 fully saturated rings. The topological polar surface area (TPSA) is 75.5 Å². The molecule has 0 aromatic heterocycles. The highest BCUT2D eigenvalue weighted by atomic mass is 19.1. The minimum atomic E-state index is -0.514. The Balaban J connectivity index is 2.16. The Morgan fingerprint density at radius 1 is 1.45 bits per heavy atom. The first kappa shape index (κ1) is 14.2. The van der Waals surface area contributed by atoms with E-state index >= 15 is 0 Å². The summed E-state index contributed by atoms with van der Waals surface area (Å²) in [5.74, 6) is -0.596. The first-order valence-corrected chi connectivity index (χ1v) is 6.43. The first-order valence-electron chi connectivity index (χ1n) is 6.43. The van der Waals surface area contributed by atoms with Crippen LogP contribution in [0.3, 0.4) is 0 Å². The monoisotopic (exact) mass is 281 g/mol. The van der Waals surface area contributed by atoms with Gasteiger partial charge in [0.1, 0.15) is 11.5 Å². The molecule has 0 bridgehead atoms. The molecule has 1 amide bonds. The molecule has 1 aliphatic heterocycles. The fourth-order valence-electron chi connectivity index (χ4n) is 2.49. The quantitative estimate of drug-likeness (QED) is 0.676. The third-order valence-corrected chi connectivity index (χ3v) is 3.59. The Labute approximate surface area is 115 Å². The molecule has 0 spiro atoms. The molecular formula is C13H16FN3O3. The second-order valence-electron chi connectivity index (χ2n) is 4.77. The van der Waals surface area contributed by atoms with Crippen molar-refractivity contribution >= 4 is 17.3 Å². The van der Waals surface area contributed by atoms with Crippen LogP contribution >= 0.6 is 0 Å². The summed E-state index contributed by atoms with van der Waals surface area (Å²) in [7, 11) is 1.59. The van der Waals surface area contributed by atoms with E-state index in [0.29, 0.717) is 25.9 Å². The molecule has 1 aromatic carbocycles. The summed E-state index contributed by atoms with van der Waals surface area (Å²) in [6.07, 6.45) is 1.21. The number of rotatable bonds is 3. The van der Waals surface area contributed by atoms with Crippen LogP contribution in [0.1, 0.15) is 12.8 Å². The summed E-state index contributed by atoms with van der Waals surface area (Å²) in [6.45, 7) is 1.00. The molecule has 1 aromatic rings. The number of hydrogen-bond acceptors (Lipinski definition) is 4. The Morgan fingerprint density at radius 2 is 2.10 bits per heavy atom. The summed E-state index contributed by atoms with van der Waals surface area (Å²) in [4.78, 5) is 23.8. The number of nitrogens with one attached hydrogen (secondary N) is 1. The van der Waals surface area contributed by atoms with Crippen molar-refractivity contribution in [3.05, 3.63) is 34.1 Å². The number of benzene rings is 1. The molecule has 7 heteroatoms. The van der Waals surface area contributed by atoms with Gasteiger partial charge in [-0.2, -0.15) is 0 Å². The van der Waals surface area contributed by atoms with Crippen molar-refractivity contribution in [1.29, 1.82) is 0 Å². The van der Waals surface area contributed by atoms with E-state index in [0.717, 1.165) is 6.07 Å². The lowest BCUT2D eigenvalue weighted by Gasteiger charge is -2.32. The Hall–Kier alpha value is -2.18. The van der Waals surface area contributed by atoms with Gasteiger partial charge in [0.05, 0.1) is 4.92 Å². The van der Waals surface area contributed by atoms with E-state index in [2.05, 4.69) is 5.32 Å². The molecule has 0 unspecified atom stereocenters. The van der Waals surface area contributed by atoms with Gasteiger partial charge in [-0.1, -0.05) is 0 Å². The SMILES string of the molecule is CNC(=O)C1CCN(c2cc(F)ccc2[N+](=O)[O-])CC1. The van der Waals surface area contributed by atoms with E-state index in [1.54, 1.807) is 11.9 Å². The van der Waals surface area contributed by atoms with Gasteiger partial charge in [0.2, 0.25) is 5.91 Å². The van der Waals surface area contributed by atoms with Crippen molar-refractivity contribution in [2.75, 3.05) is 25.0 Å². The summed E-state index contributed by atoms with van der Waals surface area (Å²) in [5, 5.41) is 13.6. The number of halogens is 1. The second-order valence-corrected chi connectivity index (χ2v) is 4.77. The van der Waals surface area contributed by atoms with Gasteiger partial charge in [-0.05, 0) is 18.9 Å². The zero-order chi connectivity index (χ0) is 14.7. The zero-order valence-corrected chi connectivity index (χ0v) is 11.1. The van der Waals surface area contributed by atoms with Crippen LogP contribution in [0.15, 0.2) is 18.2 Å². The van der Waals surface area contributed by atoms with Gasteiger partial charge < -0.3 is 10.2 Å². The van der Waals surface area contributed by atoms with E-state index in [4.69, 9.17) is 0 Å². The zero-order valence-electron chi connectivity index (χ0n) is 11.1. The Bertz CT molecular complexity index is 528. The number of carbonyl (C=O) groups excluding carboxylic acids is 1. The van der Waals surface area contributed by atoms with Gasteiger partial charge in [-0.25, -0.2) is 4.39 Å². The van der Waals surface area contributed by atoms with Crippen LogP contribution in [-0.2, 0) is 4.79 Å². The molecule has 108 valence electrons. The number of carbonyl (C=O) groups is 1. The lowest BCUT2D eigenvalue weighted by molar-refractivity contribution is -0.384. The largest absolute Gasteiger partial charge is 0.366 e. The number of nitro benzene ring substituents is 1. The van der Waals surface area contributed by atoms with Crippen LogP contribution in [-0.4, -0.2) is 31.0 Å². The number of anilines is 1. The average Bonchev–Trinajstić information content (AvgIpc) is 2.46. The average molecular weight is 281 g/mol. The van der Waals surface area contributed by atoms with E-state index in [9.17, 15) is 19.3 Å². The third-order valence-electron chi connectivity index (χ3n) is 3.59. The van der Waals surface area contributed by atoms with Gasteiger partial charge in [0, 0.05) is 38.2 Å². The fraction of sp³-hybridized carbons (Fsp3) is 0.462. The Kier molecular flexibility index (Phi) is 4.16. The lowest BCUT2D eigenvalue weighted by Crippen LogP contribution is -2.39.